The minimum atomic E-state index is -3.64. The van der Waals surface area contributed by atoms with E-state index in [9.17, 15) is 13.2 Å². The van der Waals surface area contributed by atoms with Gasteiger partial charge in [0.1, 0.15) is 11.5 Å². The van der Waals surface area contributed by atoms with Gasteiger partial charge in [-0.1, -0.05) is 23.4 Å². The van der Waals surface area contributed by atoms with Gasteiger partial charge in [-0.15, -0.1) is 0 Å². The van der Waals surface area contributed by atoms with Crippen molar-refractivity contribution in [3.8, 4) is 0 Å². The third-order valence-corrected chi connectivity index (χ3v) is 3.95. The van der Waals surface area contributed by atoms with Crippen LogP contribution in [0.15, 0.2) is 45.8 Å². The van der Waals surface area contributed by atoms with E-state index in [1.807, 2.05) is 0 Å². The van der Waals surface area contributed by atoms with Gasteiger partial charge in [-0.2, -0.15) is 0 Å². The van der Waals surface area contributed by atoms with Crippen LogP contribution in [0.3, 0.4) is 0 Å². The van der Waals surface area contributed by atoms with Gasteiger partial charge >= 0.3 is 0 Å². The Bertz CT molecular complexity index is 677. The van der Waals surface area contributed by atoms with Crippen molar-refractivity contribution in [2.45, 2.75) is 11.8 Å². The van der Waals surface area contributed by atoms with Gasteiger partial charge in [0.15, 0.2) is 15.7 Å². The molecule has 2 aromatic rings. The first kappa shape index (κ1) is 13.3. The highest BCUT2D eigenvalue weighted by molar-refractivity contribution is 7.92. The first-order chi connectivity index (χ1) is 8.97. The molecule has 1 N–H and O–H groups in total. The van der Waals surface area contributed by atoms with Crippen molar-refractivity contribution < 1.29 is 17.7 Å². The topological polar surface area (TPSA) is 89.3 Å². The Labute approximate surface area is 110 Å². The molecular weight excluding hydrogens is 268 g/mol. The fourth-order valence-electron chi connectivity index (χ4n) is 1.49. The molecule has 0 atom stereocenters. The lowest BCUT2D eigenvalue weighted by molar-refractivity contribution is -0.113. The van der Waals surface area contributed by atoms with Crippen molar-refractivity contribution in [1.29, 1.82) is 0 Å². The highest BCUT2D eigenvalue weighted by Gasteiger charge is 2.19. The molecule has 1 amide bonds. The largest absolute Gasteiger partial charge is 0.360 e. The number of aromatic nitrogens is 1. The van der Waals surface area contributed by atoms with E-state index >= 15 is 0 Å². The highest BCUT2D eigenvalue weighted by atomic mass is 32.2. The lowest BCUT2D eigenvalue weighted by Crippen LogP contribution is -2.23. The van der Waals surface area contributed by atoms with Crippen LogP contribution in [0.5, 0.6) is 0 Å². The molecular formula is C12H12N2O4S. The highest BCUT2D eigenvalue weighted by Crippen LogP contribution is 2.11. The van der Waals surface area contributed by atoms with E-state index in [1.165, 1.54) is 18.2 Å². The van der Waals surface area contributed by atoms with Crippen LogP contribution in [0.2, 0.25) is 0 Å². The van der Waals surface area contributed by atoms with Gasteiger partial charge < -0.3 is 9.84 Å². The SMILES string of the molecule is Cc1cc(NC(=O)CS(=O)(=O)c2ccccc2)no1. The van der Waals surface area contributed by atoms with Gasteiger partial charge in [0, 0.05) is 6.07 Å². The van der Waals surface area contributed by atoms with Crippen LogP contribution in [0.25, 0.3) is 0 Å². The zero-order chi connectivity index (χ0) is 13.9. The van der Waals surface area contributed by atoms with Gasteiger partial charge in [-0.05, 0) is 19.1 Å². The molecule has 0 aliphatic heterocycles. The van der Waals surface area contributed by atoms with Crippen LogP contribution < -0.4 is 5.32 Å². The molecule has 0 saturated heterocycles. The normalized spacial score (nSPS) is 11.2. The molecule has 0 aliphatic carbocycles. The molecule has 0 saturated carbocycles. The Morgan fingerprint density at radius 1 is 1.32 bits per heavy atom. The summed E-state index contributed by atoms with van der Waals surface area (Å²) in [5.41, 5.74) is 0. The van der Waals surface area contributed by atoms with Gasteiger partial charge in [0.2, 0.25) is 5.91 Å². The van der Waals surface area contributed by atoms with Crippen LogP contribution in [-0.2, 0) is 14.6 Å². The van der Waals surface area contributed by atoms with Crippen LogP contribution in [-0.4, -0.2) is 25.2 Å². The quantitative estimate of drug-likeness (QED) is 0.914. The molecule has 0 fully saturated rings. The Balaban J connectivity index is 2.07. The average Bonchev–Trinajstić information content (AvgIpc) is 2.75. The summed E-state index contributed by atoms with van der Waals surface area (Å²) in [6.07, 6.45) is 0. The van der Waals surface area contributed by atoms with Crippen molar-refractivity contribution in [3.05, 3.63) is 42.2 Å². The number of sulfone groups is 1. The first-order valence-electron chi connectivity index (χ1n) is 5.48. The van der Waals surface area contributed by atoms with E-state index in [0.29, 0.717) is 5.76 Å². The maximum absolute atomic E-state index is 11.9. The maximum Gasteiger partial charge on any atom is 0.241 e. The zero-order valence-corrected chi connectivity index (χ0v) is 11.0. The standard InChI is InChI=1S/C12H12N2O4S/c1-9-7-11(14-18-9)13-12(15)8-19(16,17)10-5-3-2-4-6-10/h2-7H,8H2,1H3,(H,13,14,15). The van der Waals surface area contributed by atoms with E-state index in [4.69, 9.17) is 4.52 Å². The van der Waals surface area contributed by atoms with Gasteiger partial charge in [-0.25, -0.2) is 8.42 Å². The van der Waals surface area contributed by atoms with Crippen LogP contribution in [0.1, 0.15) is 5.76 Å². The number of amides is 1. The molecule has 19 heavy (non-hydrogen) atoms. The summed E-state index contributed by atoms with van der Waals surface area (Å²) in [4.78, 5) is 11.8. The number of aryl methyl sites for hydroxylation is 1. The van der Waals surface area contributed by atoms with E-state index < -0.39 is 21.5 Å². The zero-order valence-electron chi connectivity index (χ0n) is 10.2. The minimum absolute atomic E-state index is 0.112. The summed E-state index contributed by atoms with van der Waals surface area (Å²) in [7, 11) is -3.64. The fourth-order valence-corrected chi connectivity index (χ4v) is 2.64. The van der Waals surface area contributed by atoms with E-state index in [0.717, 1.165) is 0 Å². The molecule has 0 radical (unpaired) electrons. The molecule has 0 bridgehead atoms. The summed E-state index contributed by atoms with van der Waals surface area (Å²) in [6.45, 7) is 1.67. The number of nitrogens with zero attached hydrogens (tertiary/aromatic N) is 1. The maximum atomic E-state index is 11.9. The Kier molecular flexibility index (Phi) is 3.66. The number of carbonyl (C=O) groups excluding carboxylic acids is 1. The van der Waals surface area contributed by atoms with E-state index in [2.05, 4.69) is 10.5 Å². The number of rotatable bonds is 4. The molecule has 2 rings (SSSR count). The second-order valence-corrected chi connectivity index (χ2v) is 5.93. The molecule has 1 heterocycles. The van der Waals surface area contributed by atoms with Crippen molar-refractivity contribution >= 4 is 21.6 Å². The van der Waals surface area contributed by atoms with Gasteiger partial charge in [0.05, 0.1) is 4.90 Å². The summed E-state index contributed by atoms with van der Waals surface area (Å²) >= 11 is 0. The number of benzene rings is 1. The molecule has 0 unspecified atom stereocenters. The Morgan fingerprint density at radius 3 is 2.58 bits per heavy atom. The van der Waals surface area contributed by atoms with Crippen molar-refractivity contribution in [2.24, 2.45) is 0 Å². The van der Waals surface area contributed by atoms with Gasteiger partial charge in [0.25, 0.3) is 0 Å². The number of hydrogen-bond donors (Lipinski definition) is 1. The Morgan fingerprint density at radius 2 is 2.00 bits per heavy atom. The second-order valence-electron chi connectivity index (χ2n) is 3.94. The molecule has 1 aromatic heterocycles. The summed E-state index contributed by atoms with van der Waals surface area (Å²) in [5, 5.41) is 5.92. The van der Waals surface area contributed by atoms with Crippen LogP contribution >= 0.6 is 0 Å². The van der Waals surface area contributed by atoms with Gasteiger partial charge in [-0.3, -0.25) is 4.79 Å². The third kappa shape index (κ3) is 3.41. The molecule has 7 heteroatoms. The smallest absolute Gasteiger partial charge is 0.241 e. The number of anilines is 1. The number of hydrogen-bond acceptors (Lipinski definition) is 5. The summed E-state index contributed by atoms with van der Waals surface area (Å²) in [6, 6.07) is 9.31. The predicted molar refractivity (Wildman–Crippen MR) is 68.4 cm³/mol. The summed E-state index contributed by atoms with van der Waals surface area (Å²) in [5.74, 6) is -0.563. The Hall–Kier alpha value is -2.15. The van der Waals surface area contributed by atoms with Crippen LogP contribution in [0, 0.1) is 6.92 Å². The van der Waals surface area contributed by atoms with Crippen molar-refractivity contribution in [2.75, 3.05) is 11.1 Å². The second kappa shape index (κ2) is 5.23. The van der Waals surface area contributed by atoms with Crippen molar-refractivity contribution in [1.82, 2.24) is 5.16 Å². The van der Waals surface area contributed by atoms with E-state index in [1.54, 1.807) is 25.1 Å². The van der Waals surface area contributed by atoms with Crippen molar-refractivity contribution in [3.63, 3.8) is 0 Å². The summed E-state index contributed by atoms with van der Waals surface area (Å²) < 4.78 is 28.6. The molecule has 0 spiro atoms. The lowest BCUT2D eigenvalue weighted by Gasteiger charge is -2.03. The minimum Gasteiger partial charge on any atom is -0.360 e. The third-order valence-electron chi connectivity index (χ3n) is 2.32. The molecule has 1 aromatic carbocycles. The molecule has 100 valence electrons. The number of nitrogens with one attached hydrogen (secondary N) is 1. The molecule has 0 aliphatic rings. The average molecular weight is 280 g/mol. The van der Waals surface area contributed by atoms with E-state index in [-0.39, 0.29) is 10.7 Å². The van der Waals surface area contributed by atoms with Crippen LogP contribution in [0.4, 0.5) is 5.82 Å². The monoisotopic (exact) mass is 280 g/mol. The lowest BCUT2D eigenvalue weighted by atomic mass is 10.4. The number of carbonyl (C=O) groups is 1. The first-order valence-corrected chi connectivity index (χ1v) is 7.13. The fraction of sp³-hybridized carbons (Fsp3) is 0.167. The predicted octanol–water partition coefficient (Wildman–Crippen LogP) is 1.40. The molecule has 6 nitrogen and oxygen atoms in total.